The third kappa shape index (κ3) is 4.01. The summed E-state index contributed by atoms with van der Waals surface area (Å²) in [4.78, 5) is 0.212. The van der Waals surface area contributed by atoms with Gasteiger partial charge in [-0.05, 0) is 50.8 Å². The number of aliphatic hydroxyl groups is 1. The third-order valence-corrected chi connectivity index (χ3v) is 7.45. The molecule has 1 fully saturated rings. The van der Waals surface area contributed by atoms with Crippen molar-refractivity contribution >= 4 is 53.2 Å². The van der Waals surface area contributed by atoms with E-state index in [1.807, 2.05) is 0 Å². The summed E-state index contributed by atoms with van der Waals surface area (Å²) in [5, 5.41) is 10.3. The maximum Gasteiger partial charge on any atom is 0.242 e. The van der Waals surface area contributed by atoms with Crippen LogP contribution in [0, 0.1) is 0 Å². The molecule has 19 heavy (non-hydrogen) atoms. The Balaban J connectivity index is 2.07. The highest BCUT2D eigenvalue weighted by Gasteiger charge is 2.31. The maximum absolute atomic E-state index is 12.2. The van der Waals surface area contributed by atoms with E-state index in [0.717, 1.165) is 23.0 Å². The van der Waals surface area contributed by atoms with Crippen LogP contribution < -0.4 is 4.72 Å². The number of hydrogen-bond donors (Lipinski definition) is 2. The lowest BCUT2D eigenvalue weighted by Gasteiger charge is -2.31. The summed E-state index contributed by atoms with van der Waals surface area (Å²) in [5.74, 6) is 0. The minimum atomic E-state index is -3.58. The van der Waals surface area contributed by atoms with Crippen molar-refractivity contribution in [2.24, 2.45) is 0 Å². The minimum absolute atomic E-state index is 0.0786. The van der Waals surface area contributed by atoms with E-state index in [2.05, 4.69) is 36.6 Å². The molecule has 0 radical (unpaired) electrons. The molecule has 2 N–H and O–H groups in total. The van der Waals surface area contributed by atoms with E-state index in [1.54, 1.807) is 6.07 Å². The lowest BCUT2D eigenvalue weighted by atomic mass is 9.85. The molecule has 1 aliphatic rings. The predicted octanol–water partition coefficient (Wildman–Crippen LogP) is 3.25. The average Bonchev–Trinajstić information content (AvgIpc) is 2.68. The molecule has 0 saturated heterocycles. The fraction of sp³-hybridized carbons (Fsp3) is 0.636. The van der Waals surface area contributed by atoms with E-state index >= 15 is 0 Å². The largest absolute Gasteiger partial charge is 0.389 e. The molecular formula is C11H15Br2NO3S2. The number of thiophene rings is 1. The monoisotopic (exact) mass is 431 g/mol. The normalized spacial score (nSPS) is 19.5. The number of hydrogen-bond acceptors (Lipinski definition) is 4. The Kier molecular flexibility index (Phi) is 5.12. The lowest BCUT2D eigenvalue weighted by molar-refractivity contribution is 0.00945. The lowest BCUT2D eigenvalue weighted by Crippen LogP contribution is -2.44. The van der Waals surface area contributed by atoms with Crippen molar-refractivity contribution < 1.29 is 13.5 Å². The molecule has 0 aliphatic heterocycles. The van der Waals surface area contributed by atoms with Crippen LogP contribution in [0.2, 0.25) is 0 Å². The predicted molar refractivity (Wildman–Crippen MR) is 82.9 cm³/mol. The summed E-state index contributed by atoms with van der Waals surface area (Å²) >= 11 is 7.81. The highest BCUT2D eigenvalue weighted by molar-refractivity contribution is 9.12. The molecule has 1 aromatic rings. The van der Waals surface area contributed by atoms with Gasteiger partial charge in [0.25, 0.3) is 0 Å². The minimum Gasteiger partial charge on any atom is -0.389 e. The molecule has 1 aromatic heterocycles. The maximum atomic E-state index is 12.2. The molecule has 0 amide bonds. The Labute approximate surface area is 133 Å². The van der Waals surface area contributed by atoms with Gasteiger partial charge in [0, 0.05) is 6.54 Å². The van der Waals surface area contributed by atoms with E-state index in [1.165, 1.54) is 11.3 Å². The van der Waals surface area contributed by atoms with Crippen LogP contribution in [0.5, 0.6) is 0 Å². The van der Waals surface area contributed by atoms with Crippen LogP contribution in [0.15, 0.2) is 18.5 Å². The topological polar surface area (TPSA) is 66.4 Å². The van der Waals surface area contributed by atoms with Crippen LogP contribution in [0.25, 0.3) is 0 Å². The first-order valence-electron chi connectivity index (χ1n) is 5.99. The summed E-state index contributed by atoms with van der Waals surface area (Å²) in [6.07, 6.45) is 4.32. The first kappa shape index (κ1) is 15.9. The average molecular weight is 433 g/mol. The van der Waals surface area contributed by atoms with Crippen LogP contribution in [-0.4, -0.2) is 25.7 Å². The van der Waals surface area contributed by atoms with Crippen LogP contribution in [0.3, 0.4) is 0 Å². The molecule has 2 rings (SSSR count). The van der Waals surface area contributed by atoms with Crippen molar-refractivity contribution in [3.63, 3.8) is 0 Å². The number of nitrogens with one attached hydrogen (secondary N) is 1. The molecule has 0 spiro atoms. The van der Waals surface area contributed by atoms with Crippen molar-refractivity contribution in [2.45, 2.75) is 42.6 Å². The Morgan fingerprint density at radius 2 is 1.95 bits per heavy atom. The molecule has 0 atom stereocenters. The van der Waals surface area contributed by atoms with E-state index < -0.39 is 15.6 Å². The first-order valence-corrected chi connectivity index (χ1v) is 9.88. The summed E-state index contributed by atoms with van der Waals surface area (Å²) in [6.45, 7) is 0.0786. The number of halogens is 2. The van der Waals surface area contributed by atoms with Crippen molar-refractivity contribution in [1.29, 1.82) is 0 Å². The molecule has 8 heteroatoms. The molecule has 0 aromatic carbocycles. The van der Waals surface area contributed by atoms with Gasteiger partial charge in [-0.25, -0.2) is 13.1 Å². The van der Waals surface area contributed by atoms with Crippen LogP contribution in [0.1, 0.15) is 32.1 Å². The molecular weight excluding hydrogens is 418 g/mol. The molecule has 1 aliphatic carbocycles. The zero-order valence-corrected chi connectivity index (χ0v) is 15.0. The summed E-state index contributed by atoms with van der Waals surface area (Å²) < 4.78 is 28.2. The van der Waals surface area contributed by atoms with E-state index in [0.29, 0.717) is 16.6 Å². The smallest absolute Gasteiger partial charge is 0.242 e. The second kappa shape index (κ2) is 6.11. The van der Waals surface area contributed by atoms with Gasteiger partial charge in [-0.2, -0.15) is 0 Å². The molecule has 0 bridgehead atoms. The summed E-state index contributed by atoms with van der Waals surface area (Å²) in [5.41, 5.74) is -0.898. The second-order valence-electron chi connectivity index (χ2n) is 4.80. The fourth-order valence-electron chi connectivity index (χ4n) is 2.20. The highest BCUT2D eigenvalue weighted by atomic mass is 79.9. The van der Waals surface area contributed by atoms with E-state index in [-0.39, 0.29) is 11.4 Å². The van der Waals surface area contributed by atoms with E-state index in [9.17, 15) is 13.5 Å². The van der Waals surface area contributed by atoms with Crippen molar-refractivity contribution in [1.82, 2.24) is 4.72 Å². The zero-order valence-electron chi connectivity index (χ0n) is 10.2. The SMILES string of the molecule is O=S(=O)(NCC1(O)CCCCC1)c1cc(Br)sc1Br. The van der Waals surface area contributed by atoms with Gasteiger partial charge in [-0.1, -0.05) is 19.3 Å². The van der Waals surface area contributed by atoms with Gasteiger partial charge >= 0.3 is 0 Å². The van der Waals surface area contributed by atoms with E-state index in [4.69, 9.17) is 0 Å². The first-order chi connectivity index (χ1) is 8.82. The Hall–Kier alpha value is 0.530. The zero-order chi connectivity index (χ0) is 14.1. The second-order valence-corrected chi connectivity index (χ2v) is 10.3. The van der Waals surface area contributed by atoms with Gasteiger partial charge in [0.05, 0.1) is 13.2 Å². The standard InChI is InChI=1S/C11H15Br2NO3S2/c12-9-6-8(10(13)18-9)19(16,17)14-7-11(15)4-2-1-3-5-11/h6,14-15H,1-5,7H2. The number of sulfonamides is 1. The quantitative estimate of drug-likeness (QED) is 0.767. The molecule has 1 saturated carbocycles. The molecule has 0 unspecified atom stereocenters. The Morgan fingerprint density at radius 3 is 2.47 bits per heavy atom. The fourth-order valence-corrected chi connectivity index (χ4v) is 7.13. The van der Waals surface area contributed by atoms with Crippen LogP contribution in [0.4, 0.5) is 0 Å². The van der Waals surface area contributed by atoms with Gasteiger partial charge in [0.1, 0.15) is 4.90 Å². The van der Waals surface area contributed by atoms with Gasteiger partial charge < -0.3 is 5.11 Å². The molecule has 108 valence electrons. The molecule has 1 heterocycles. The summed E-state index contributed by atoms with van der Waals surface area (Å²) in [7, 11) is -3.58. The Bertz CT molecular complexity index is 550. The Morgan fingerprint density at radius 1 is 1.32 bits per heavy atom. The van der Waals surface area contributed by atoms with Crippen molar-refractivity contribution in [3.8, 4) is 0 Å². The molecule has 4 nitrogen and oxygen atoms in total. The third-order valence-electron chi connectivity index (χ3n) is 3.29. The number of rotatable bonds is 4. The van der Waals surface area contributed by atoms with Gasteiger partial charge in [-0.15, -0.1) is 11.3 Å². The summed E-state index contributed by atoms with van der Waals surface area (Å²) in [6, 6.07) is 1.56. The van der Waals surface area contributed by atoms with Crippen LogP contribution >= 0.6 is 43.2 Å². The van der Waals surface area contributed by atoms with Crippen LogP contribution in [-0.2, 0) is 10.0 Å². The van der Waals surface area contributed by atoms with Gasteiger partial charge in [0.15, 0.2) is 0 Å². The van der Waals surface area contributed by atoms with Crippen molar-refractivity contribution in [3.05, 3.63) is 13.6 Å². The highest BCUT2D eigenvalue weighted by Crippen LogP contribution is 2.35. The van der Waals surface area contributed by atoms with Gasteiger partial charge in [0.2, 0.25) is 10.0 Å². The van der Waals surface area contributed by atoms with Crippen molar-refractivity contribution in [2.75, 3.05) is 6.54 Å². The van der Waals surface area contributed by atoms with Gasteiger partial charge in [-0.3, -0.25) is 0 Å².